The van der Waals surface area contributed by atoms with Crippen LogP contribution in [-0.4, -0.2) is 94.8 Å². The third-order valence-electron chi connectivity index (χ3n) is 4.83. The Morgan fingerprint density at radius 3 is 2.79 bits per heavy atom. The fourth-order valence-corrected chi connectivity index (χ4v) is 3.27. The lowest BCUT2D eigenvalue weighted by molar-refractivity contribution is -0.123. The summed E-state index contributed by atoms with van der Waals surface area (Å²) in [5, 5.41) is 6.69. The van der Waals surface area contributed by atoms with Gasteiger partial charge in [0.25, 0.3) is 0 Å². The Balaban J connectivity index is 0.00000729. The molecule has 1 rings (SSSR count). The highest BCUT2D eigenvalue weighted by Gasteiger charge is 2.23. The first kappa shape index (κ1) is 27.4. The van der Waals surface area contributed by atoms with Crippen LogP contribution in [0.2, 0.25) is 0 Å². The Morgan fingerprint density at radius 1 is 1.32 bits per heavy atom. The molecule has 1 aliphatic rings. The van der Waals surface area contributed by atoms with Gasteiger partial charge in [-0.05, 0) is 52.7 Å². The molecule has 1 heterocycles. The molecule has 8 nitrogen and oxygen atoms in total. The molecule has 1 amide bonds. The molecule has 0 aromatic carbocycles. The molecule has 0 aliphatic carbocycles. The lowest BCUT2D eigenvalue weighted by Gasteiger charge is -2.30. The van der Waals surface area contributed by atoms with Crippen molar-refractivity contribution in [2.45, 2.75) is 32.6 Å². The standard InChI is InChI=1S/C19H40N6O2.HI/c1-4-21-19(23-10-14-24(2)11-7-15-27-3)22-9-6-13-25-12-5-8-17(16-25)18(20)26;/h17H,4-16H2,1-3H3,(H2,20,26)(H2,21,22,23);1H. The molecule has 0 radical (unpaired) electrons. The summed E-state index contributed by atoms with van der Waals surface area (Å²) in [7, 11) is 3.86. The van der Waals surface area contributed by atoms with Gasteiger partial charge in [0.15, 0.2) is 5.96 Å². The second kappa shape index (κ2) is 17.2. The summed E-state index contributed by atoms with van der Waals surface area (Å²) in [5.74, 6) is 0.724. The van der Waals surface area contributed by atoms with E-state index in [2.05, 4.69) is 39.4 Å². The minimum atomic E-state index is -0.163. The average molecular weight is 512 g/mol. The zero-order valence-electron chi connectivity index (χ0n) is 17.9. The molecule has 0 aromatic rings. The molecule has 0 bridgehead atoms. The third-order valence-corrected chi connectivity index (χ3v) is 4.83. The molecule has 1 fully saturated rings. The number of hydrogen-bond acceptors (Lipinski definition) is 5. The first-order valence-electron chi connectivity index (χ1n) is 10.3. The van der Waals surface area contributed by atoms with Crippen molar-refractivity contribution in [2.75, 3.05) is 73.1 Å². The molecule has 0 spiro atoms. The summed E-state index contributed by atoms with van der Waals surface area (Å²) >= 11 is 0. The lowest BCUT2D eigenvalue weighted by atomic mass is 9.97. The maximum absolute atomic E-state index is 11.4. The van der Waals surface area contributed by atoms with Crippen molar-refractivity contribution in [3.63, 3.8) is 0 Å². The monoisotopic (exact) mass is 512 g/mol. The first-order valence-corrected chi connectivity index (χ1v) is 10.3. The Kier molecular flexibility index (Phi) is 16.8. The van der Waals surface area contributed by atoms with E-state index in [9.17, 15) is 4.79 Å². The average Bonchev–Trinajstić information content (AvgIpc) is 2.65. The van der Waals surface area contributed by atoms with E-state index < -0.39 is 0 Å². The van der Waals surface area contributed by atoms with Crippen LogP contribution in [0.3, 0.4) is 0 Å². The smallest absolute Gasteiger partial charge is 0.221 e. The summed E-state index contributed by atoms with van der Waals surface area (Å²) in [5.41, 5.74) is 5.45. The van der Waals surface area contributed by atoms with Crippen LogP contribution in [0, 0.1) is 5.92 Å². The van der Waals surface area contributed by atoms with Crippen LogP contribution < -0.4 is 16.4 Å². The lowest BCUT2D eigenvalue weighted by Crippen LogP contribution is -2.42. The van der Waals surface area contributed by atoms with Crippen molar-refractivity contribution in [1.29, 1.82) is 0 Å². The number of likely N-dealkylation sites (N-methyl/N-ethyl adjacent to an activating group) is 1. The number of nitrogens with two attached hydrogens (primary N) is 1. The van der Waals surface area contributed by atoms with Crippen molar-refractivity contribution in [3.8, 4) is 0 Å². The van der Waals surface area contributed by atoms with Gasteiger partial charge in [0.1, 0.15) is 0 Å². The Labute approximate surface area is 188 Å². The number of methoxy groups -OCH3 is 1. The van der Waals surface area contributed by atoms with Crippen LogP contribution in [0.4, 0.5) is 0 Å². The summed E-state index contributed by atoms with van der Waals surface area (Å²) in [6.07, 6.45) is 4.02. The molecule has 0 saturated carbocycles. The van der Waals surface area contributed by atoms with E-state index >= 15 is 0 Å². The van der Waals surface area contributed by atoms with Gasteiger partial charge in [0, 0.05) is 53.0 Å². The molecule has 1 aliphatic heterocycles. The van der Waals surface area contributed by atoms with Crippen LogP contribution in [-0.2, 0) is 9.53 Å². The molecule has 4 N–H and O–H groups in total. The van der Waals surface area contributed by atoms with E-state index in [1.807, 2.05) is 0 Å². The van der Waals surface area contributed by atoms with Gasteiger partial charge in [-0.25, -0.2) is 0 Å². The van der Waals surface area contributed by atoms with E-state index in [-0.39, 0.29) is 35.8 Å². The molecule has 166 valence electrons. The summed E-state index contributed by atoms with van der Waals surface area (Å²) in [4.78, 5) is 20.7. The van der Waals surface area contributed by atoms with Crippen molar-refractivity contribution in [3.05, 3.63) is 0 Å². The van der Waals surface area contributed by atoms with E-state index in [4.69, 9.17) is 10.5 Å². The number of ether oxygens (including phenoxy) is 1. The largest absolute Gasteiger partial charge is 0.385 e. The molecule has 9 heteroatoms. The SMILES string of the molecule is CCNC(=NCCCN1CCCC(C(N)=O)C1)NCCN(C)CCCOC.I. The zero-order chi connectivity index (χ0) is 19.9. The molecule has 1 atom stereocenters. The normalized spacial score (nSPS) is 18.0. The van der Waals surface area contributed by atoms with Crippen molar-refractivity contribution in [2.24, 2.45) is 16.6 Å². The Hall–Kier alpha value is -0.650. The number of aliphatic imine (C=N–C) groups is 1. The van der Waals surface area contributed by atoms with Crippen LogP contribution in [0.1, 0.15) is 32.6 Å². The van der Waals surface area contributed by atoms with E-state index in [1.165, 1.54) is 0 Å². The minimum absolute atomic E-state index is 0. The fourth-order valence-electron chi connectivity index (χ4n) is 3.27. The van der Waals surface area contributed by atoms with Crippen LogP contribution in [0.25, 0.3) is 0 Å². The number of nitrogens with one attached hydrogen (secondary N) is 2. The van der Waals surface area contributed by atoms with E-state index in [0.29, 0.717) is 0 Å². The van der Waals surface area contributed by atoms with Crippen molar-refractivity contribution >= 4 is 35.8 Å². The third kappa shape index (κ3) is 12.7. The summed E-state index contributed by atoms with van der Waals surface area (Å²) in [6.45, 7) is 10.2. The highest BCUT2D eigenvalue weighted by molar-refractivity contribution is 14.0. The van der Waals surface area contributed by atoms with Crippen molar-refractivity contribution < 1.29 is 9.53 Å². The highest BCUT2D eigenvalue weighted by atomic mass is 127. The molecular formula is C19H41IN6O2. The van der Waals surface area contributed by atoms with Crippen molar-refractivity contribution in [1.82, 2.24) is 20.4 Å². The number of guanidine groups is 1. The van der Waals surface area contributed by atoms with Gasteiger partial charge in [0.2, 0.25) is 5.91 Å². The number of carbonyl (C=O) groups excluding carboxylic acids is 1. The first-order chi connectivity index (χ1) is 13.1. The van der Waals surface area contributed by atoms with Gasteiger partial charge < -0.3 is 30.9 Å². The number of amides is 1. The molecule has 28 heavy (non-hydrogen) atoms. The maximum Gasteiger partial charge on any atom is 0.221 e. The molecular weight excluding hydrogens is 471 g/mol. The maximum atomic E-state index is 11.4. The molecule has 1 saturated heterocycles. The predicted molar refractivity (Wildman–Crippen MR) is 126 cm³/mol. The second-order valence-corrected chi connectivity index (χ2v) is 7.23. The quantitative estimate of drug-likeness (QED) is 0.146. The number of carbonyl (C=O) groups is 1. The number of likely N-dealkylation sites (tertiary alicyclic amines) is 1. The number of nitrogens with zero attached hydrogens (tertiary/aromatic N) is 3. The van der Waals surface area contributed by atoms with E-state index in [0.717, 1.165) is 90.6 Å². The highest BCUT2D eigenvalue weighted by Crippen LogP contribution is 2.15. The van der Waals surface area contributed by atoms with Gasteiger partial charge in [-0.2, -0.15) is 0 Å². The number of primary amides is 1. The summed E-state index contributed by atoms with van der Waals surface area (Å²) in [6, 6.07) is 0. The van der Waals surface area contributed by atoms with Gasteiger partial charge in [-0.1, -0.05) is 0 Å². The predicted octanol–water partition coefficient (Wildman–Crippen LogP) is 0.715. The zero-order valence-corrected chi connectivity index (χ0v) is 20.2. The van der Waals surface area contributed by atoms with Crippen LogP contribution >= 0.6 is 24.0 Å². The minimum Gasteiger partial charge on any atom is -0.385 e. The number of piperidine rings is 1. The molecule has 0 aromatic heterocycles. The van der Waals surface area contributed by atoms with Gasteiger partial charge in [-0.3, -0.25) is 9.79 Å². The number of rotatable bonds is 13. The van der Waals surface area contributed by atoms with Crippen LogP contribution in [0.15, 0.2) is 4.99 Å². The summed E-state index contributed by atoms with van der Waals surface area (Å²) < 4.78 is 5.09. The van der Waals surface area contributed by atoms with Gasteiger partial charge in [-0.15, -0.1) is 24.0 Å². The number of halogens is 1. The van der Waals surface area contributed by atoms with E-state index in [1.54, 1.807) is 7.11 Å². The Morgan fingerprint density at radius 2 is 2.11 bits per heavy atom. The van der Waals surface area contributed by atoms with Crippen LogP contribution in [0.5, 0.6) is 0 Å². The number of hydrogen-bond donors (Lipinski definition) is 3. The topological polar surface area (TPSA) is 95.2 Å². The van der Waals surface area contributed by atoms with Gasteiger partial charge >= 0.3 is 0 Å². The second-order valence-electron chi connectivity index (χ2n) is 7.23. The molecule has 1 unspecified atom stereocenters. The fraction of sp³-hybridized carbons (Fsp3) is 0.895. The Bertz CT molecular complexity index is 439. The van der Waals surface area contributed by atoms with Gasteiger partial charge in [0.05, 0.1) is 5.92 Å².